The molecule has 1 fully saturated rings. The number of carbonyl (C=O) groups is 4. The van der Waals surface area contributed by atoms with Crippen molar-refractivity contribution in [2.24, 2.45) is 10.9 Å². The van der Waals surface area contributed by atoms with Crippen LogP contribution in [0.25, 0.3) is 5.65 Å². The number of anilines is 1. The number of carboxylic acid groups (broad SMARTS) is 1. The van der Waals surface area contributed by atoms with Gasteiger partial charge in [0.2, 0.25) is 0 Å². The minimum Gasteiger partial charge on any atom is -0.477 e. The van der Waals surface area contributed by atoms with E-state index >= 15 is 0 Å². The van der Waals surface area contributed by atoms with E-state index in [1.54, 1.807) is 12.3 Å². The van der Waals surface area contributed by atoms with Gasteiger partial charge >= 0.3 is 12.1 Å². The Morgan fingerprint density at radius 3 is 2.86 bits per heavy atom. The molecular formula is C25H27N8O7S3+. The van der Waals surface area contributed by atoms with Crippen LogP contribution >= 0.6 is 34.9 Å². The number of imidazole rings is 1. The summed E-state index contributed by atoms with van der Waals surface area (Å²) >= 11 is 3.96. The lowest BCUT2D eigenvalue weighted by Gasteiger charge is -2.49. The lowest BCUT2D eigenvalue weighted by Crippen LogP contribution is -2.71. The maximum Gasteiger partial charge on any atom is 0.404 e. The molecule has 18 heteroatoms. The molecule has 0 unspecified atom stereocenters. The fourth-order valence-electron chi connectivity index (χ4n) is 4.59. The van der Waals surface area contributed by atoms with Crippen molar-refractivity contribution in [3.63, 3.8) is 0 Å². The number of nitrogens with two attached hydrogens (primary N) is 2. The fraction of sp³-hybridized carbons (Fsp3) is 0.320. The van der Waals surface area contributed by atoms with Crippen molar-refractivity contribution in [1.29, 1.82) is 0 Å². The van der Waals surface area contributed by atoms with E-state index in [0.717, 1.165) is 22.0 Å². The maximum absolute atomic E-state index is 13.2. The first-order valence-corrected chi connectivity index (χ1v) is 15.8. The van der Waals surface area contributed by atoms with Crippen LogP contribution in [0, 0.1) is 0 Å². The molecule has 3 aromatic heterocycles. The molecule has 0 radical (unpaired) electrons. The molecule has 1 saturated heterocycles. The molecule has 2 aliphatic heterocycles. The summed E-state index contributed by atoms with van der Waals surface area (Å²) in [6, 6.07) is 4.71. The first-order valence-electron chi connectivity index (χ1n) is 12.9. The lowest BCUT2D eigenvalue weighted by atomic mass is 10.0. The second kappa shape index (κ2) is 12.9. The van der Waals surface area contributed by atoms with E-state index in [0.29, 0.717) is 17.1 Å². The highest BCUT2D eigenvalue weighted by Crippen LogP contribution is 2.40. The van der Waals surface area contributed by atoms with Crippen LogP contribution in [0.5, 0.6) is 0 Å². The van der Waals surface area contributed by atoms with Gasteiger partial charge in [0.05, 0.1) is 0 Å². The summed E-state index contributed by atoms with van der Waals surface area (Å²) in [5.74, 6) is -1.64. The van der Waals surface area contributed by atoms with E-state index in [1.807, 2.05) is 39.6 Å². The Morgan fingerprint density at radius 1 is 1.35 bits per heavy atom. The van der Waals surface area contributed by atoms with E-state index < -0.39 is 35.3 Å². The predicted octanol–water partition coefficient (Wildman–Crippen LogP) is 0.632. The smallest absolute Gasteiger partial charge is 0.404 e. The zero-order chi connectivity index (χ0) is 30.7. The van der Waals surface area contributed by atoms with Gasteiger partial charge in [0.15, 0.2) is 15.9 Å². The van der Waals surface area contributed by atoms with Crippen molar-refractivity contribution in [2.75, 3.05) is 30.5 Å². The van der Waals surface area contributed by atoms with Crippen molar-refractivity contribution in [2.45, 2.75) is 29.9 Å². The first-order chi connectivity index (χ1) is 20.7. The van der Waals surface area contributed by atoms with E-state index in [4.69, 9.17) is 21.0 Å². The van der Waals surface area contributed by atoms with Crippen LogP contribution in [0.1, 0.15) is 12.6 Å². The average Bonchev–Trinajstić information content (AvgIpc) is 3.60. The number of nitrogens with one attached hydrogen (secondary N) is 1. The van der Waals surface area contributed by atoms with Gasteiger partial charge in [0, 0.05) is 28.5 Å². The number of β-lactam (4-membered cyclic amide) rings is 1. The first kappa shape index (κ1) is 30.2. The number of aliphatic carboxylic acids is 1. The number of thioether (sulfide) groups is 2. The predicted molar refractivity (Wildman–Crippen MR) is 158 cm³/mol. The van der Waals surface area contributed by atoms with E-state index in [2.05, 4.69) is 15.5 Å². The van der Waals surface area contributed by atoms with E-state index in [9.17, 15) is 24.3 Å². The molecular weight excluding hydrogens is 621 g/mol. The van der Waals surface area contributed by atoms with Crippen LogP contribution in [0.4, 0.5) is 9.93 Å². The minimum absolute atomic E-state index is 0.101. The number of amides is 3. The number of aromatic nitrogens is 3. The summed E-state index contributed by atoms with van der Waals surface area (Å²) in [7, 11) is 0. The van der Waals surface area contributed by atoms with Gasteiger partial charge in [-0.05, 0) is 19.1 Å². The molecule has 15 nitrogen and oxygen atoms in total. The number of pyridine rings is 1. The maximum atomic E-state index is 13.2. The number of rotatable bonds is 12. The van der Waals surface area contributed by atoms with E-state index in [1.165, 1.54) is 28.4 Å². The molecule has 43 heavy (non-hydrogen) atoms. The molecule has 0 aromatic carbocycles. The zero-order valence-electron chi connectivity index (χ0n) is 22.7. The number of carboxylic acids is 1. The highest BCUT2D eigenvalue weighted by molar-refractivity contribution is 8.00. The highest BCUT2D eigenvalue weighted by atomic mass is 32.2. The molecule has 0 spiro atoms. The van der Waals surface area contributed by atoms with E-state index in [-0.39, 0.29) is 42.0 Å². The number of oxime groups is 1. The molecule has 0 aliphatic carbocycles. The summed E-state index contributed by atoms with van der Waals surface area (Å²) in [6.45, 7) is 2.31. The Kier molecular flexibility index (Phi) is 9.07. The van der Waals surface area contributed by atoms with Crippen molar-refractivity contribution >= 4 is 75.2 Å². The van der Waals surface area contributed by atoms with Crippen molar-refractivity contribution in [3.8, 4) is 0 Å². The van der Waals surface area contributed by atoms with Gasteiger partial charge in [-0.25, -0.2) is 19.1 Å². The van der Waals surface area contributed by atoms with Crippen molar-refractivity contribution in [1.82, 2.24) is 19.6 Å². The Bertz CT molecular complexity index is 1650. The van der Waals surface area contributed by atoms with Gasteiger partial charge in [0.25, 0.3) is 17.5 Å². The van der Waals surface area contributed by atoms with Crippen molar-refractivity contribution in [3.05, 3.63) is 52.9 Å². The van der Waals surface area contributed by atoms with Gasteiger partial charge in [-0.2, -0.15) is 4.40 Å². The molecule has 5 rings (SSSR count). The number of hydrogen-bond acceptors (Lipinski definition) is 12. The quantitative estimate of drug-likeness (QED) is 0.0535. The van der Waals surface area contributed by atoms with Crippen LogP contribution in [-0.4, -0.2) is 85.1 Å². The number of primary amides is 1. The number of fused-ring (bicyclic) bond motifs is 2. The fourth-order valence-corrected chi connectivity index (χ4v) is 7.31. The topological polar surface area (TPSA) is 208 Å². The molecule has 3 amide bonds. The number of ether oxygens (including phenoxy) is 1. The third kappa shape index (κ3) is 6.25. The monoisotopic (exact) mass is 647 g/mol. The molecule has 0 bridgehead atoms. The molecule has 5 heterocycles. The third-order valence-corrected chi connectivity index (χ3v) is 9.41. The van der Waals surface area contributed by atoms with Gasteiger partial charge in [-0.15, -0.1) is 23.1 Å². The van der Waals surface area contributed by atoms with Crippen LogP contribution in [0.3, 0.4) is 0 Å². The number of nitrogens with zero attached hydrogens (tertiary/aromatic N) is 5. The Morgan fingerprint density at radius 2 is 2.16 bits per heavy atom. The van der Waals surface area contributed by atoms with Crippen LogP contribution in [-0.2, 0) is 30.5 Å². The number of thiazole rings is 1. The largest absolute Gasteiger partial charge is 0.477 e. The number of nitrogen functional groups attached to an aromatic ring is 1. The van der Waals surface area contributed by atoms with Crippen LogP contribution in [0.2, 0.25) is 0 Å². The minimum atomic E-state index is -1.23. The lowest BCUT2D eigenvalue weighted by molar-refractivity contribution is -0.662. The summed E-state index contributed by atoms with van der Waals surface area (Å²) in [5.41, 5.74) is 12.0. The van der Waals surface area contributed by atoms with Gasteiger partial charge < -0.3 is 31.5 Å². The summed E-state index contributed by atoms with van der Waals surface area (Å²) in [4.78, 5) is 59.9. The van der Waals surface area contributed by atoms with Crippen molar-refractivity contribution < 1.29 is 38.4 Å². The SMILES string of the molecule is CCO/N=C(\C(=O)N[C@@H]1C(=O)N2C(C(=O)O)=C(C[n+]3ccn4c(SCCOC(N)=O)cccc43)CS[C@H]12)c1csc(N)n1. The Hall–Kier alpha value is -4.29. The van der Waals surface area contributed by atoms with Gasteiger partial charge in [-0.1, -0.05) is 16.9 Å². The highest BCUT2D eigenvalue weighted by Gasteiger charge is 2.54. The molecule has 226 valence electrons. The summed E-state index contributed by atoms with van der Waals surface area (Å²) in [6.07, 6.45) is 2.85. The molecule has 2 atom stereocenters. The number of hydrogen-bond donors (Lipinski definition) is 4. The molecule has 0 saturated carbocycles. The standard InChI is InChI=1S/C25H26N8O7S3/c1-2-40-30-17(14-12-43-24(26)28-14)20(34)29-18-21(35)33-19(23(36)37)13(11-42-22(18)33)10-31-6-7-32-15(31)4-3-5-16(32)41-9-8-39-25(27)38/h3-7,12,18,22H,2,8-11H2,1H3,(H5-,26,27,28,29,34,36,37,38)/p+1/b30-17-/t18-,22-/m1/s1. The number of carbonyl (C=O) groups excluding carboxylic acids is 3. The third-order valence-electron chi connectivity index (χ3n) is 6.40. The molecule has 6 N–H and O–H groups in total. The normalized spacial score (nSPS) is 18.3. The van der Waals surface area contributed by atoms with Gasteiger partial charge in [-0.3, -0.25) is 14.5 Å². The second-order valence-corrected chi connectivity index (χ2v) is 12.2. The summed E-state index contributed by atoms with van der Waals surface area (Å²) < 4.78 is 8.62. The van der Waals surface area contributed by atoms with Crippen LogP contribution < -0.4 is 21.4 Å². The molecule has 3 aromatic rings. The Balaban J connectivity index is 1.32. The van der Waals surface area contributed by atoms with Crippen LogP contribution in [0.15, 0.2) is 57.4 Å². The second-order valence-electron chi connectivity index (χ2n) is 9.08. The zero-order valence-corrected chi connectivity index (χ0v) is 25.1. The summed E-state index contributed by atoms with van der Waals surface area (Å²) in [5, 5.41) is 18.7. The van der Waals surface area contributed by atoms with Gasteiger partial charge in [0.1, 0.15) is 55.0 Å². The molecule has 2 aliphatic rings. The Labute approximate surface area is 256 Å². The average molecular weight is 648 g/mol.